The van der Waals surface area contributed by atoms with Crippen LogP contribution in [0.25, 0.3) is 0 Å². The zero-order valence-electron chi connectivity index (χ0n) is 8.78. The normalized spacial score (nSPS) is 13.5. The summed E-state index contributed by atoms with van der Waals surface area (Å²) >= 11 is 0. The Morgan fingerprint density at radius 1 is 0.667 bits per heavy atom. The molecule has 17 heteroatoms. The Bertz CT molecular complexity index is 472. The number of hydrogen-bond donors (Lipinski definition) is 2. The second-order valence-corrected chi connectivity index (χ2v) is 6.08. The number of sulfonamides is 2. The maximum atomic E-state index is 11.6. The van der Waals surface area contributed by atoms with Crippen LogP contribution in [0.1, 0.15) is 0 Å². The van der Waals surface area contributed by atoms with Gasteiger partial charge in [0.1, 0.15) is 0 Å². The van der Waals surface area contributed by atoms with Gasteiger partial charge in [0.2, 0.25) is 0 Å². The molecule has 0 bridgehead atoms. The van der Waals surface area contributed by atoms with Crippen LogP contribution in [0.15, 0.2) is 0 Å². The van der Waals surface area contributed by atoms with Crippen molar-refractivity contribution in [1.82, 2.24) is 0 Å². The molecule has 0 aromatic rings. The van der Waals surface area contributed by atoms with Crippen LogP contribution in [-0.4, -0.2) is 59.1 Å². The zero-order valence-corrected chi connectivity index (χ0v) is 10.4. The first-order valence-electron chi connectivity index (χ1n) is 3.75. The van der Waals surface area contributed by atoms with E-state index in [1.165, 1.54) is 0 Å². The van der Waals surface area contributed by atoms with Gasteiger partial charge in [0.15, 0.2) is 0 Å². The van der Waals surface area contributed by atoms with E-state index in [0.717, 1.165) is 0 Å². The topological polar surface area (TPSA) is 120 Å². The molecule has 0 aliphatic carbocycles. The first-order chi connectivity index (χ1) is 8.39. The fourth-order valence-electron chi connectivity index (χ4n) is 0.248. The Morgan fingerprint density at radius 3 is 0.810 bits per heavy atom. The summed E-state index contributed by atoms with van der Waals surface area (Å²) in [5, 5.41) is -2.78. The molecule has 21 heavy (non-hydrogen) atoms. The summed E-state index contributed by atoms with van der Waals surface area (Å²) in [4.78, 5) is 0. The number of hydrogen-bond acceptors (Lipinski definition) is 4. The molecule has 0 fully saturated rings. The van der Waals surface area contributed by atoms with Crippen LogP contribution in [-0.2, 0) is 20.0 Å². The van der Waals surface area contributed by atoms with Crippen molar-refractivity contribution in [2.75, 3.05) is 0 Å². The van der Waals surface area contributed by atoms with Crippen LogP contribution in [0.5, 0.6) is 0 Å². The molecule has 0 aliphatic rings. The molecule has 6 nitrogen and oxygen atoms in total. The summed E-state index contributed by atoms with van der Waals surface area (Å²) in [5.74, 6) is 0. The molecule has 0 amide bonds. The summed E-state index contributed by atoms with van der Waals surface area (Å²) in [6.45, 7) is 0. The van der Waals surface area contributed by atoms with Crippen LogP contribution >= 0.6 is 0 Å². The predicted molar refractivity (Wildman–Crippen MR) is 55.3 cm³/mol. The van der Waals surface area contributed by atoms with Gasteiger partial charge in [-0.05, 0) is 0 Å². The van der Waals surface area contributed by atoms with E-state index in [1.807, 2.05) is 0 Å². The number of rotatable bonds is 4. The minimum atomic E-state index is -5.48. The summed E-state index contributed by atoms with van der Waals surface area (Å²) in [6.07, 6.45) is -8.58. The molecular weight excluding hydrogens is 363 g/mol. The number of alkyl halides is 8. The van der Waals surface area contributed by atoms with Crippen molar-refractivity contribution < 1.29 is 52.0 Å². The standard InChI is InChI=1S/2C2H3F4NO2S.Li.H/c2*3-1(4)2(5,6)10(7,8)9;;/h2*1H,(H2,7,8,9);;. The van der Waals surface area contributed by atoms with Crippen molar-refractivity contribution in [3.05, 3.63) is 0 Å². The van der Waals surface area contributed by atoms with Crippen molar-refractivity contribution in [3.63, 3.8) is 0 Å². The molecule has 4 N–H and O–H groups in total. The monoisotopic (exact) mass is 370 g/mol. The van der Waals surface area contributed by atoms with E-state index >= 15 is 0 Å². The SMILES string of the molecule is NS(=O)(=O)C(F)(F)C(F)F.NS(=O)(=O)C(F)(F)C(F)F.[LiH]. The Hall–Kier alpha value is -0.143. The van der Waals surface area contributed by atoms with Crippen molar-refractivity contribution in [2.24, 2.45) is 10.3 Å². The minimum absolute atomic E-state index is 0. The first kappa shape index (κ1) is 25.8. The fraction of sp³-hybridized carbons (Fsp3) is 1.00. The first-order valence-corrected chi connectivity index (χ1v) is 6.85. The summed E-state index contributed by atoms with van der Waals surface area (Å²) < 4.78 is 129. The third kappa shape index (κ3) is 7.10. The second kappa shape index (κ2) is 7.92. The Morgan fingerprint density at radius 2 is 0.810 bits per heavy atom. The second-order valence-electron chi connectivity index (χ2n) is 2.82. The molecule has 0 spiro atoms. The average molecular weight is 370 g/mol. The zero-order chi connectivity index (χ0) is 17.2. The van der Waals surface area contributed by atoms with E-state index in [2.05, 4.69) is 10.3 Å². The van der Waals surface area contributed by atoms with Crippen molar-refractivity contribution >= 4 is 38.9 Å². The van der Waals surface area contributed by atoms with Crippen LogP contribution in [0.2, 0.25) is 0 Å². The Labute approximate surface area is 125 Å². The fourth-order valence-corrected chi connectivity index (χ4v) is 0.745. The van der Waals surface area contributed by atoms with E-state index in [9.17, 15) is 52.0 Å². The predicted octanol–water partition coefficient (Wildman–Crippen LogP) is -0.383. The molecule has 126 valence electrons. The van der Waals surface area contributed by atoms with E-state index < -0.39 is 43.4 Å². The summed E-state index contributed by atoms with van der Waals surface area (Å²) in [7, 11) is -11.0. The molecule has 0 unspecified atom stereocenters. The van der Waals surface area contributed by atoms with Crippen LogP contribution in [0, 0.1) is 0 Å². The molecule has 0 radical (unpaired) electrons. The van der Waals surface area contributed by atoms with E-state index in [0.29, 0.717) is 0 Å². The van der Waals surface area contributed by atoms with Gasteiger partial charge < -0.3 is 0 Å². The molecule has 0 heterocycles. The van der Waals surface area contributed by atoms with Crippen molar-refractivity contribution in [2.45, 2.75) is 23.4 Å². The number of halogens is 8. The Balaban J connectivity index is -0.000000295. The van der Waals surface area contributed by atoms with Crippen molar-refractivity contribution in [3.8, 4) is 0 Å². The third-order valence-electron chi connectivity index (χ3n) is 1.27. The third-order valence-corrected chi connectivity index (χ3v) is 3.14. The molecule has 0 aliphatic heterocycles. The van der Waals surface area contributed by atoms with Crippen LogP contribution < -0.4 is 10.3 Å². The Kier molecular flexibility index (Phi) is 9.73. The summed E-state index contributed by atoms with van der Waals surface area (Å²) in [6, 6.07) is 0. The van der Waals surface area contributed by atoms with Gasteiger partial charge >= 0.3 is 42.2 Å². The van der Waals surface area contributed by atoms with Gasteiger partial charge in [-0.1, -0.05) is 0 Å². The number of primary sulfonamides is 2. The molecule has 0 atom stereocenters. The van der Waals surface area contributed by atoms with Gasteiger partial charge in [0.05, 0.1) is 0 Å². The molecule has 0 rings (SSSR count). The van der Waals surface area contributed by atoms with Crippen LogP contribution in [0.3, 0.4) is 0 Å². The molecule has 0 aromatic heterocycles. The van der Waals surface area contributed by atoms with E-state index in [1.54, 1.807) is 0 Å². The molecule has 0 saturated carbocycles. The maximum absolute atomic E-state index is 11.6. The van der Waals surface area contributed by atoms with Gasteiger partial charge in [-0.15, -0.1) is 0 Å². The molecule has 0 saturated heterocycles. The average Bonchev–Trinajstić information content (AvgIpc) is 2.14. The van der Waals surface area contributed by atoms with Crippen molar-refractivity contribution in [1.29, 1.82) is 0 Å². The van der Waals surface area contributed by atoms with Crippen LogP contribution in [0.4, 0.5) is 35.1 Å². The van der Waals surface area contributed by atoms with Gasteiger partial charge in [0, 0.05) is 0 Å². The van der Waals surface area contributed by atoms with Gasteiger partial charge in [-0.25, -0.2) is 44.7 Å². The van der Waals surface area contributed by atoms with Gasteiger partial charge in [-0.3, -0.25) is 0 Å². The molecule has 0 aromatic carbocycles. The van der Waals surface area contributed by atoms with Gasteiger partial charge in [-0.2, -0.15) is 17.6 Å². The number of nitrogens with two attached hydrogens (primary N) is 2. The summed E-state index contributed by atoms with van der Waals surface area (Å²) in [5.41, 5.74) is 0. The quantitative estimate of drug-likeness (QED) is 0.518. The molecular formula is C4H7F8LiN2O4S2. The van der Waals surface area contributed by atoms with E-state index in [-0.39, 0.29) is 18.9 Å². The van der Waals surface area contributed by atoms with E-state index in [4.69, 9.17) is 0 Å². The van der Waals surface area contributed by atoms with Gasteiger partial charge in [0.25, 0.3) is 20.0 Å².